The van der Waals surface area contributed by atoms with E-state index in [1.165, 1.54) is 51.0 Å². The third kappa shape index (κ3) is 6.36. The van der Waals surface area contributed by atoms with E-state index in [0.29, 0.717) is 0 Å². The van der Waals surface area contributed by atoms with Crippen molar-refractivity contribution >= 4 is 17.8 Å². The van der Waals surface area contributed by atoms with Gasteiger partial charge in [0.15, 0.2) is 0 Å². The summed E-state index contributed by atoms with van der Waals surface area (Å²) in [4.78, 5) is 2.66. The van der Waals surface area contributed by atoms with Crippen LogP contribution >= 0.6 is 6.04 Å². The monoisotopic (exact) mass is 275 g/mol. The molecule has 1 fully saturated rings. The van der Waals surface area contributed by atoms with Crippen LogP contribution in [-0.4, -0.2) is 36.6 Å². The maximum atomic E-state index is 6.10. The summed E-state index contributed by atoms with van der Waals surface area (Å²) < 4.78 is 0. The van der Waals surface area contributed by atoms with E-state index in [2.05, 4.69) is 32.6 Å². The van der Waals surface area contributed by atoms with Crippen LogP contribution in [0.1, 0.15) is 47.0 Å². The molecule has 0 bridgehead atoms. The molecule has 17 heavy (non-hydrogen) atoms. The second kappa shape index (κ2) is 7.26. The molecular weight excluding hydrogens is 245 g/mol. The summed E-state index contributed by atoms with van der Waals surface area (Å²) >= 11 is 6.10. The van der Waals surface area contributed by atoms with E-state index in [0.717, 1.165) is 11.8 Å². The lowest BCUT2D eigenvalue weighted by atomic mass is 10.1. The van der Waals surface area contributed by atoms with Gasteiger partial charge in [0.2, 0.25) is 0 Å². The van der Waals surface area contributed by atoms with Crippen LogP contribution in [0.25, 0.3) is 0 Å². The second-order valence-electron chi connectivity index (χ2n) is 6.53. The van der Waals surface area contributed by atoms with E-state index in [1.54, 1.807) is 0 Å². The van der Waals surface area contributed by atoms with Crippen molar-refractivity contribution in [2.75, 3.05) is 31.7 Å². The lowest BCUT2D eigenvalue weighted by Gasteiger charge is -2.34. The highest BCUT2D eigenvalue weighted by Crippen LogP contribution is 2.50. The van der Waals surface area contributed by atoms with E-state index in [9.17, 15) is 0 Å². The summed E-state index contributed by atoms with van der Waals surface area (Å²) in [7, 11) is 0. The van der Waals surface area contributed by atoms with Crippen LogP contribution in [0.3, 0.4) is 0 Å². The minimum absolute atomic E-state index is 0.768. The van der Waals surface area contributed by atoms with Crippen LogP contribution in [-0.2, 0) is 11.8 Å². The summed E-state index contributed by atoms with van der Waals surface area (Å²) in [5.74, 6) is 1.54. The zero-order chi connectivity index (χ0) is 12.9. The van der Waals surface area contributed by atoms with Crippen LogP contribution in [0.15, 0.2) is 0 Å². The number of piperidine rings is 1. The fourth-order valence-corrected chi connectivity index (χ4v) is 9.32. The van der Waals surface area contributed by atoms with Crippen molar-refractivity contribution < 1.29 is 0 Å². The molecule has 102 valence electrons. The first kappa shape index (κ1) is 15.7. The normalized spacial score (nSPS) is 19.2. The van der Waals surface area contributed by atoms with Gasteiger partial charge in [-0.3, -0.25) is 4.90 Å². The third-order valence-corrected chi connectivity index (χ3v) is 8.25. The predicted octanol–water partition coefficient (Wildman–Crippen LogP) is 4.22. The molecule has 0 aromatic rings. The predicted molar refractivity (Wildman–Crippen MR) is 84.0 cm³/mol. The molecular formula is C14H30NPS. The molecule has 1 rings (SSSR count). The Labute approximate surface area is 113 Å². The van der Waals surface area contributed by atoms with E-state index in [1.807, 2.05) is 0 Å². The van der Waals surface area contributed by atoms with Gasteiger partial charge in [-0.25, -0.2) is 0 Å². The quantitative estimate of drug-likeness (QED) is 0.668. The fraction of sp³-hybridized carbons (Fsp3) is 1.00. The molecule has 0 aromatic heterocycles. The summed E-state index contributed by atoms with van der Waals surface area (Å²) in [5, 5.41) is 0. The fourth-order valence-electron chi connectivity index (χ4n) is 2.99. The average Bonchev–Trinajstić information content (AvgIpc) is 2.15. The molecule has 0 aromatic carbocycles. The van der Waals surface area contributed by atoms with Crippen LogP contribution in [0, 0.1) is 11.8 Å². The molecule has 1 aliphatic heterocycles. The maximum absolute atomic E-state index is 6.10. The molecule has 0 amide bonds. The highest BCUT2D eigenvalue weighted by Gasteiger charge is 2.24. The minimum atomic E-state index is -1.14. The van der Waals surface area contributed by atoms with Gasteiger partial charge in [0.1, 0.15) is 0 Å². The van der Waals surface area contributed by atoms with Crippen molar-refractivity contribution in [1.29, 1.82) is 0 Å². The van der Waals surface area contributed by atoms with Crippen LogP contribution in [0.2, 0.25) is 0 Å². The molecule has 0 saturated carbocycles. The SMILES string of the molecule is CC(C)CP(=S)(CC(C)C)CN1CCCCC1. The summed E-state index contributed by atoms with van der Waals surface area (Å²) in [5.41, 5.74) is 0. The van der Waals surface area contributed by atoms with Crippen molar-refractivity contribution in [1.82, 2.24) is 4.90 Å². The Morgan fingerprint density at radius 3 is 1.82 bits per heavy atom. The number of hydrogen-bond donors (Lipinski definition) is 0. The van der Waals surface area contributed by atoms with Gasteiger partial charge in [-0.15, -0.1) is 0 Å². The molecule has 1 nitrogen and oxygen atoms in total. The zero-order valence-electron chi connectivity index (χ0n) is 12.1. The molecule has 1 aliphatic rings. The highest BCUT2D eigenvalue weighted by molar-refractivity contribution is 8.14. The molecule has 1 heterocycles. The number of likely N-dealkylation sites (tertiary alicyclic amines) is 1. The van der Waals surface area contributed by atoms with Crippen LogP contribution < -0.4 is 0 Å². The highest BCUT2D eigenvalue weighted by atomic mass is 32.4. The van der Waals surface area contributed by atoms with Crippen molar-refractivity contribution in [3.8, 4) is 0 Å². The molecule has 0 unspecified atom stereocenters. The van der Waals surface area contributed by atoms with Gasteiger partial charge >= 0.3 is 0 Å². The molecule has 1 saturated heterocycles. The average molecular weight is 275 g/mol. The smallest absolute Gasteiger partial charge is 0.0275 e. The van der Waals surface area contributed by atoms with Gasteiger partial charge < -0.3 is 0 Å². The van der Waals surface area contributed by atoms with Gasteiger partial charge in [0, 0.05) is 6.29 Å². The Morgan fingerprint density at radius 2 is 1.41 bits per heavy atom. The molecule has 0 spiro atoms. The Balaban J connectivity index is 2.58. The lowest BCUT2D eigenvalue weighted by Crippen LogP contribution is -2.32. The summed E-state index contributed by atoms with van der Waals surface area (Å²) in [6.07, 6.45) is 8.05. The van der Waals surface area contributed by atoms with E-state index >= 15 is 0 Å². The Kier molecular flexibility index (Phi) is 6.69. The van der Waals surface area contributed by atoms with E-state index in [4.69, 9.17) is 11.8 Å². The summed E-state index contributed by atoms with van der Waals surface area (Å²) in [6, 6.07) is -1.14. The van der Waals surface area contributed by atoms with Crippen molar-refractivity contribution in [3.63, 3.8) is 0 Å². The topological polar surface area (TPSA) is 3.24 Å². The van der Waals surface area contributed by atoms with E-state index < -0.39 is 6.04 Å². The summed E-state index contributed by atoms with van der Waals surface area (Å²) in [6.45, 7) is 11.9. The van der Waals surface area contributed by atoms with Gasteiger partial charge in [0.05, 0.1) is 0 Å². The first-order chi connectivity index (χ1) is 7.91. The lowest BCUT2D eigenvalue weighted by molar-refractivity contribution is 0.263. The van der Waals surface area contributed by atoms with Gasteiger partial charge in [-0.1, -0.05) is 45.9 Å². The Morgan fingerprint density at radius 1 is 0.941 bits per heavy atom. The largest absolute Gasteiger partial charge is 0.298 e. The number of nitrogens with zero attached hydrogens (tertiary/aromatic N) is 1. The molecule has 3 heteroatoms. The Bertz CT molecular complexity index is 243. The number of rotatable bonds is 6. The van der Waals surface area contributed by atoms with Crippen molar-refractivity contribution in [2.24, 2.45) is 11.8 Å². The van der Waals surface area contributed by atoms with Crippen molar-refractivity contribution in [2.45, 2.75) is 47.0 Å². The molecule has 0 aliphatic carbocycles. The standard InChI is InChI=1S/C14H30NPS/c1-13(2)10-16(17,11-14(3)4)12-15-8-6-5-7-9-15/h13-14H,5-12H2,1-4H3. The first-order valence-corrected chi connectivity index (χ1v) is 10.6. The molecule has 0 N–H and O–H groups in total. The van der Waals surface area contributed by atoms with E-state index in [-0.39, 0.29) is 0 Å². The zero-order valence-corrected chi connectivity index (χ0v) is 13.8. The van der Waals surface area contributed by atoms with Crippen LogP contribution in [0.5, 0.6) is 0 Å². The number of hydrogen-bond acceptors (Lipinski definition) is 2. The second-order valence-corrected chi connectivity index (χ2v) is 12.0. The van der Waals surface area contributed by atoms with Crippen molar-refractivity contribution in [3.05, 3.63) is 0 Å². The maximum Gasteiger partial charge on any atom is 0.0275 e. The van der Waals surface area contributed by atoms with Crippen LogP contribution in [0.4, 0.5) is 0 Å². The minimum Gasteiger partial charge on any atom is -0.298 e. The Hall–Kier alpha value is 0.610. The molecule has 0 atom stereocenters. The molecule has 0 radical (unpaired) electrons. The van der Waals surface area contributed by atoms with Gasteiger partial charge in [0.25, 0.3) is 0 Å². The van der Waals surface area contributed by atoms with Gasteiger partial charge in [-0.05, 0) is 56.1 Å². The first-order valence-electron chi connectivity index (χ1n) is 7.21. The van der Waals surface area contributed by atoms with Gasteiger partial charge in [-0.2, -0.15) is 0 Å². The third-order valence-electron chi connectivity index (χ3n) is 3.30.